The Bertz CT molecular complexity index is 516. The minimum Gasteiger partial charge on any atom is -0.378 e. The first-order valence-electron chi connectivity index (χ1n) is 5.11. The Kier molecular flexibility index (Phi) is 3.03. The quantitative estimate of drug-likeness (QED) is 0.889. The summed E-state index contributed by atoms with van der Waals surface area (Å²) in [5, 5.41) is 10.7. The normalized spacial score (nSPS) is 10.6. The van der Waals surface area contributed by atoms with Crippen LogP contribution in [0.25, 0.3) is 0 Å². The smallest absolute Gasteiger partial charge is 0.152 e. The molecule has 1 aromatic carbocycles. The molecule has 0 amide bonds. The molecule has 0 aliphatic heterocycles. The summed E-state index contributed by atoms with van der Waals surface area (Å²) < 4.78 is 27.7. The third kappa shape index (κ3) is 2.58. The van der Waals surface area contributed by atoms with Gasteiger partial charge >= 0.3 is 0 Å². The maximum absolute atomic E-state index is 12.9. The highest BCUT2D eigenvalue weighted by Gasteiger charge is 2.05. The van der Waals surface area contributed by atoms with Crippen molar-refractivity contribution in [3.8, 4) is 0 Å². The summed E-state index contributed by atoms with van der Waals surface area (Å²) in [6.45, 7) is 2.19. The first kappa shape index (κ1) is 11.5. The molecule has 90 valence electrons. The van der Waals surface area contributed by atoms with E-state index < -0.39 is 11.6 Å². The van der Waals surface area contributed by atoms with Crippen molar-refractivity contribution in [2.75, 3.05) is 5.32 Å². The van der Waals surface area contributed by atoms with Crippen LogP contribution in [0.4, 0.5) is 14.5 Å². The van der Waals surface area contributed by atoms with Gasteiger partial charge in [-0.25, -0.2) is 8.78 Å². The minimum atomic E-state index is -0.610. The Morgan fingerprint density at radius 3 is 2.35 bits per heavy atom. The Morgan fingerprint density at radius 1 is 1.18 bits per heavy atom. The van der Waals surface area contributed by atoms with Crippen molar-refractivity contribution in [2.45, 2.75) is 13.5 Å². The first-order chi connectivity index (χ1) is 8.06. The monoisotopic (exact) mass is 238 g/mol. The van der Waals surface area contributed by atoms with Crippen LogP contribution in [0.2, 0.25) is 0 Å². The van der Waals surface area contributed by atoms with Crippen LogP contribution in [0.15, 0.2) is 18.2 Å². The molecule has 1 aromatic heterocycles. The Labute approximate surface area is 97.3 Å². The summed E-state index contributed by atoms with van der Waals surface area (Å²) in [5.41, 5.74) is 0.378. The fraction of sp³-hybridized carbons (Fsp3) is 0.273. The second-order valence-electron chi connectivity index (χ2n) is 3.73. The van der Waals surface area contributed by atoms with Gasteiger partial charge in [0.05, 0.1) is 6.54 Å². The van der Waals surface area contributed by atoms with E-state index in [4.69, 9.17) is 0 Å². The van der Waals surface area contributed by atoms with Gasteiger partial charge in [-0.3, -0.25) is 0 Å². The molecule has 6 heteroatoms. The zero-order valence-corrected chi connectivity index (χ0v) is 9.54. The third-order valence-electron chi connectivity index (χ3n) is 2.50. The largest absolute Gasteiger partial charge is 0.378 e. The molecule has 2 rings (SSSR count). The van der Waals surface area contributed by atoms with Crippen molar-refractivity contribution in [1.29, 1.82) is 0 Å². The lowest BCUT2D eigenvalue weighted by molar-refractivity contribution is 0.584. The molecule has 0 fully saturated rings. The molecular weight excluding hydrogens is 226 g/mol. The summed E-state index contributed by atoms with van der Waals surface area (Å²) in [5.74, 6) is 0.266. The van der Waals surface area contributed by atoms with Gasteiger partial charge in [0.1, 0.15) is 17.5 Å². The predicted molar refractivity (Wildman–Crippen MR) is 59.4 cm³/mol. The lowest BCUT2D eigenvalue weighted by atomic mass is 10.3. The fourth-order valence-electron chi connectivity index (χ4n) is 1.44. The van der Waals surface area contributed by atoms with Crippen molar-refractivity contribution >= 4 is 5.69 Å². The number of anilines is 1. The van der Waals surface area contributed by atoms with Crippen molar-refractivity contribution < 1.29 is 8.78 Å². The summed E-state index contributed by atoms with van der Waals surface area (Å²) in [6, 6.07) is 3.29. The zero-order valence-electron chi connectivity index (χ0n) is 9.54. The molecule has 0 atom stereocenters. The average molecular weight is 238 g/mol. The number of nitrogens with zero attached hydrogens (tertiary/aromatic N) is 3. The number of aromatic nitrogens is 3. The highest BCUT2D eigenvalue weighted by atomic mass is 19.1. The van der Waals surface area contributed by atoms with Crippen molar-refractivity contribution in [3.63, 3.8) is 0 Å². The lowest BCUT2D eigenvalue weighted by Crippen LogP contribution is -2.07. The van der Waals surface area contributed by atoms with E-state index in [0.717, 1.165) is 11.9 Å². The van der Waals surface area contributed by atoms with Gasteiger partial charge < -0.3 is 9.88 Å². The second-order valence-corrected chi connectivity index (χ2v) is 3.73. The van der Waals surface area contributed by atoms with E-state index in [1.165, 1.54) is 12.1 Å². The SMILES string of the molecule is Cc1nnc(CNc2cc(F)cc(F)c2)n1C. The number of rotatable bonds is 3. The standard InChI is InChI=1S/C11H12F2N4/c1-7-15-16-11(17(7)2)6-14-10-4-8(12)3-9(13)5-10/h3-5,14H,6H2,1-2H3. The van der Waals surface area contributed by atoms with Gasteiger partial charge in [-0.15, -0.1) is 10.2 Å². The lowest BCUT2D eigenvalue weighted by Gasteiger charge is -2.06. The maximum atomic E-state index is 12.9. The second kappa shape index (κ2) is 4.48. The highest BCUT2D eigenvalue weighted by Crippen LogP contribution is 2.13. The van der Waals surface area contributed by atoms with Crippen LogP contribution in [0.3, 0.4) is 0 Å². The molecule has 0 bridgehead atoms. The average Bonchev–Trinajstić information content (AvgIpc) is 2.56. The van der Waals surface area contributed by atoms with E-state index in [2.05, 4.69) is 15.5 Å². The van der Waals surface area contributed by atoms with Crippen molar-refractivity contribution in [1.82, 2.24) is 14.8 Å². The van der Waals surface area contributed by atoms with Crippen molar-refractivity contribution in [3.05, 3.63) is 41.5 Å². The van der Waals surface area contributed by atoms with E-state index >= 15 is 0 Å². The molecule has 0 saturated heterocycles. The van der Waals surface area contributed by atoms with Gasteiger partial charge in [-0.05, 0) is 19.1 Å². The van der Waals surface area contributed by atoms with Gasteiger partial charge in [-0.1, -0.05) is 0 Å². The van der Waals surface area contributed by atoms with Crippen LogP contribution in [0.1, 0.15) is 11.6 Å². The highest BCUT2D eigenvalue weighted by molar-refractivity contribution is 5.43. The molecule has 0 saturated carbocycles. The van der Waals surface area contributed by atoms with Gasteiger partial charge in [0.15, 0.2) is 5.82 Å². The molecule has 1 heterocycles. The van der Waals surface area contributed by atoms with E-state index in [-0.39, 0.29) is 0 Å². The van der Waals surface area contributed by atoms with Gasteiger partial charge in [0.2, 0.25) is 0 Å². The van der Waals surface area contributed by atoms with E-state index in [1.54, 1.807) is 0 Å². The first-order valence-corrected chi connectivity index (χ1v) is 5.11. The molecule has 0 spiro atoms. The molecule has 0 aliphatic rings. The molecule has 0 unspecified atom stereocenters. The van der Waals surface area contributed by atoms with Crippen molar-refractivity contribution in [2.24, 2.45) is 7.05 Å². The Hall–Kier alpha value is -1.98. The number of hydrogen-bond acceptors (Lipinski definition) is 3. The summed E-state index contributed by atoms with van der Waals surface area (Å²) in [6.07, 6.45) is 0. The van der Waals surface area contributed by atoms with Crippen LogP contribution in [0, 0.1) is 18.6 Å². The molecule has 17 heavy (non-hydrogen) atoms. The predicted octanol–water partition coefficient (Wildman–Crippen LogP) is 2.01. The number of aryl methyl sites for hydroxylation is 1. The van der Waals surface area contributed by atoms with E-state index in [1.807, 2.05) is 18.5 Å². The summed E-state index contributed by atoms with van der Waals surface area (Å²) >= 11 is 0. The number of halogens is 2. The number of nitrogens with one attached hydrogen (secondary N) is 1. The Morgan fingerprint density at radius 2 is 1.82 bits per heavy atom. The number of benzene rings is 1. The molecule has 4 nitrogen and oxygen atoms in total. The zero-order chi connectivity index (χ0) is 12.4. The minimum absolute atomic E-state index is 0.361. The van der Waals surface area contributed by atoms with Crippen LogP contribution < -0.4 is 5.32 Å². The van der Waals surface area contributed by atoms with Crippen LogP contribution in [0.5, 0.6) is 0 Å². The third-order valence-corrected chi connectivity index (χ3v) is 2.50. The molecule has 0 aliphatic carbocycles. The molecule has 2 aromatic rings. The van der Waals surface area contributed by atoms with Crippen LogP contribution in [-0.2, 0) is 13.6 Å². The van der Waals surface area contributed by atoms with E-state index in [9.17, 15) is 8.78 Å². The molecule has 1 N–H and O–H groups in total. The van der Waals surface area contributed by atoms with Gasteiger partial charge in [-0.2, -0.15) is 0 Å². The fourth-order valence-corrected chi connectivity index (χ4v) is 1.44. The molecular formula is C11H12F2N4. The number of hydrogen-bond donors (Lipinski definition) is 1. The van der Waals surface area contributed by atoms with Crippen LogP contribution in [-0.4, -0.2) is 14.8 Å². The van der Waals surface area contributed by atoms with Gasteiger partial charge in [0.25, 0.3) is 0 Å². The summed E-state index contributed by atoms with van der Waals surface area (Å²) in [4.78, 5) is 0. The van der Waals surface area contributed by atoms with Crippen LogP contribution >= 0.6 is 0 Å². The summed E-state index contributed by atoms with van der Waals surface area (Å²) in [7, 11) is 1.83. The molecule has 0 radical (unpaired) electrons. The van der Waals surface area contributed by atoms with E-state index in [0.29, 0.717) is 18.1 Å². The van der Waals surface area contributed by atoms with Gasteiger partial charge in [0, 0.05) is 18.8 Å². The Balaban J connectivity index is 2.09. The topological polar surface area (TPSA) is 42.7 Å². The maximum Gasteiger partial charge on any atom is 0.152 e.